The summed E-state index contributed by atoms with van der Waals surface area (Å²) >= 11 is 0. The number of aliphatic hydroxyl groups is 1. The summed E-state index contributed by atoms with van der Waals surface area (Å²) in [7, 11) is 0. The first-order valence-corrected chi connectivity index (χ1v) is 5.40. The molecule has 0 aliphatic carbocycles. The predicted octanol–water partition coefficient (Wildman–Crippen LogP) is 1.77. The van der Waals surface area contributed by atoms with Gasteiger partial charge < -0.3 is 14.6 Å². The van der Waals surface area contributed by atoms with Crippen molar-refractivity contribution >= 4 is 0 Å². The van der Waals surface area contributed by atoms with E-state index in [-0.39, 0.29) is 6.61 Å². The lowest BCUT2D eigenvalue weighted by Crippen LogP contribution is -1.99. The molecule has 0 aromatic heterocycles. The van der Waals surface area contributed by atoms with Gasteiger partial charge in [-0.3, -0.25) is 0 Å². The van der Waals surface area contributed by atoms with Crippen molar-refractivity contribution in [2.24, 2.45) is 0 Å². The van der Waals surface area contributed by atoms with Gasteiger partial charge in [0.1, 0.15) is 0 Å². The molecule has 2 rings (SSSR count). The van der Waals surface area contributed by atoms with Gasteiger partial charge in [0.25, 0.3) is 0 Å². The van der Waals surface area contributed by atoms with Crippen LogP contribution in [-0.4, -0.2) is 24.9 Å². The maximum absolute atomic E-state index is 8.82. The van der Waals surface area contributed by atoms with Crippen molar-refractivity contribution < 1.29 is 14.6 Å². The number of benzene rings is 1. The van der Waals surface area contributed by atoms with Crippen LogP contribution in [0.15, 0.2) is 18.2 Å². The van der Waals surface area contributed by atoms with Gasteiger partial charge in [-0.15, -0.1) is 0 Å². The van der Waals surface area contributed by atoms with Crippen LogP contribution in [-0.2, 0) is 6.42 Å². The van der Waals surface area contributed by atoms with Crippen molar-refractivity contribution in [3.05, 3.63) is 23.8 Å². The second-order valence-electron chi connectivity index (χ2n) is 3.62. The SMILES string of the molecule is OCCCc1cccc2c1OCCCO2. The smallest absolute Gasteiger partial charge is 0.164 e. The van der Waals surface area contributed by atoms with Gasteiger partial charge in [-0.2, -0.15) is 0 Å². The summed E-state index contributed by atoms with van der Waals surface area (Å²) in [5.74, 6) is 1.70. The lowest BCUT2D eigenvalue weighted by Gasteiger charge is -2.11. The van der Waals surface area contributed by atoms with Crippen molar-refractivity contribution in [3.63, 3.8) is 0 Å². The number of hydrogen-bond donors (Lipinski definition) is 1. The van der Waals surface area contributed by atoms with Crippen molar-refractivity contribution in [2.45, 2.75) is 19.3 Å². The summed E-state index contributed by atoms with van der Waals surface area (Å²) in [6.07, 6.45) is 2.52. The molecule has 0 atom stereocenters. The molecule has 1 N–H and O–H groups in total. The highest BCUT2D eigenvalue weighted by Crippen LogP contribution is 2.33. The van der Waals surface area contributed by atoms with E-state index in [1.54, 1.807) is 0 Å². The Morgan fingerprint density at radius 1 is 1.20 bits per heavy atom. The van der Waals surface area contributed by atoms with Crippen LogP contribution in [0.3, 0.4) is 0 Å². The monoisotopic (exact) mass is 208 g/mol. The number of rotatable bonds is 3. The first-order chi connectivity index (χ1) is 7.42. The molecule has 1 aliphatic heterocycles. The van der Waals surface area contributed by atoms with Crippen LogP contribution in [0.4, 0.5) is 0 Å². The lowest BCUT2D eigenvalue weighted by molar-refractivity contribution is 0.285. The van der Waals surface area contributed by atoms with Crippen LogP contribution in [0, 0.1) is 0 Å². The molecule has 0 radical (unpaired) electrons. The van der Waals surface area contributed by atoms with Crippen LogP contribution in [0.25, 0.3) is 0 Å². The van der Waals surface area contributed by atoms with Gasteiger partial charge in [-0.1, -0.05) is 12.1 Å². The third-order valence-electron chi connectivity index (χ3n) is 2.46. The fourth-order valence-electron chi connectivity index (χ4n) is 1.72. The van der Waals surface area contributed by atoms with E-state index in [1.807, 2.05) is 18.2 Å². The summed E-state index contributed by atoms with van der Waals surface area (Å²) in [5, 5.41) is 8.82. The largest absolute Gasteiger partial charge is 0.490 e. The van der Waals surface area contributed by atoms with E-state index in [2.05, 4.69) is 0 Å². The zero-order valence-electron chi connectivity index (χ0n) is 8.74. The first kappa shape index (κ1) is 10.3. The molecule has 3 nitrogen and oxygen atoms in total. The minimum Gasteiger partial charge on any atom is -0.490 e. The van der Waals surface area contributed by atoms with Gasteiger partial charge in [-0.05, 0) is 24.5 Å². The number of para-hydroxylation sites is 1. The zero-order chi connectivity index (χ0) is 10.5. The standard InChI is InChI=1S/C12H16O3/c13-7-2-5-10-4-1-6-11-12(10)15-9-3-8-14-11/h1,4,6,13H,2-3,5,7-9H2. The Kier molecular flexibility index (Phi) is 3.45. The fourth-order valence-corrected chi connectivity index (χ4v) is 1.72. The average Bonchev–Trinajstić information content (AvgIpc) is 2.51. The molecular formula is C12H16O3. The Morgan fingerprint density at radius 2 is 2.07 bits per heavy atom. The predicted molar refractivity (Wildman–Crippen MR) is 57.5 cm³/mol. The van der Waals surface area contributed by atoms with Crippen molar-refractivity contribution in [1.82, 2.24) is 0 Å². The zero-order valence-corrected chi connectivity index (χ0v) is 8.74. The van der Waals surface area contributed by atoms with Gasteiger partial charge >= 0.3 is 0 Å². The molecule has 15 heavy (non-hydrogen) atoms. The van der Waals surface area contributed by atoms with E-state index in [1.165, 1.54) is 0 Å². The van der Waals surface area contributed by atoms with E-state index in [0.717, 1.165) is 42.9 Å². The second kappa shape index (κ2) is 5.03. The molecule has 1 aliphatic rings. The maximum Gasteiger partial charge on any atom is 0.164 e. The van der Waals surface area contributed by atoms with Crippen molar-refractivity contribution in [1.29, 1.82) is 0 Å². The third-order valence-corrected chi connectivity index (χ3v) is 2.46. The minimum absolute atomic E-state index is 0.213. The number of hydrogen-bond acceptors (Lipinski definition) is 3. The number of fused-ring (bicyclic) bond motifs is 1. The Labute approximate surface area is 89.6 Å². The quantitative estimate of drug-likeness (QED) is 0.822. The van der Waals surface area contributed by atoms with E-state index in [9.17, 15) is 0 Å². The number of aliphatic hydroxyl groups excluding tert-OH is 1. The molecule has 1 aromatic rings. The molecule has 0 unspecified atom stereocenters. The Morgan fingerprint density at radius 3 is 2.93 bits per heavy atom. The molecule has 0 bridgehead atoms. The summed E-state index contributed by atoms with van der Waals surface area (Å²) in [6.45, 7) is 1.64. The molecule has 0 spiro atoms. The second-order valence-corrected chi connectivity index (χ2v) is 3.62. The van der Waals surface area contributed by atoms with Crippen molar-refractivity contribution in [3.8, 4) is 11.5 Å². The topological polar surface area (TPSA) is 38.7 Å². The molecule has 0 saturated heterocycles. The lowest BCUT2D eigenvalue weighted by atomic mass is 10.1. The minimum atomic E-state index is 0.213. The summed E-state index contributed by atoms with van der Waals surface area (Å²) < 4.78 is 11.3. The maximum atomic E-state index is 8.82. The van der Waals surface area contributed by atoms with Crippen LogP contribution >= 0.6 is 0 Å². The van der Waals surface area contributed by atoms with Gasteiger partial charge in [0.15, 0.2) is 11.5 Å². The van der Waals surface area contributed by atoms with Gasteiger partial charge in [0.2, 0.25) is 0 Å². The van der Waals surface area contributed by atoms with Crippen LogP contribution in [0.1, 0.15) is 18.4 Å². The number of aryl methyl sites for hydroxylation is 1. The van der Waals surface area contributed by atoms with E-state index >= 15 is 0 Å². The Balaban J connectivity index is 2.22. The molecule has 1 heterocycles. The normalized spacial score (nSPS) is 14.7. The first-order valence-electron chi connectivity index (χ1n) is 5.40. The fraction of sp³-hybridized carbons (Fsp3) is 0.500. The highest BCUT2D eigenvalue weighted by molar-refractivity contribution is 5.47. The molecular weight excluding hydrogens is 192 g/mol. The average molecular weight is 208 g/mol. The molecule has 0 amide bonds. The van der Waals surface area contributed by atoms with Crippen LogP contribution in [0.2, 0.25) is 0 Å². The summed E-state index contributed by atoms with van der Waals surface area (Å²) in [6, 6.07) is 5.94. The van der Waals surface area contributed by atoms with E-state index < -0.39 is 0 Å². The Hall–Kier alpha value is -1.22. The van der Waals surface area contributed by atoms with E-state index in [4.69, 9.17) is 14.6 Å². The summed E-state index contributed by atoms with van der Waals surface area (Å²) in [4.78, 5) is 0. The molecule has 0 fully saturated rings. The van der Waals surface area contributed by atoms with E-state index in [0.29, 0.717) is 6.61 Å². The summed E-state index contributed by atoms with van der Waals surface area (Å²) in [5.41, 5.74) is 1.13. The van der Waals surface area contributed by atoms with Crippen molar-refractivity contribution in [2.75, 3.05) is 19.8 Å². The van der Waals surface area contributed by atoms with Crippen LogP contribution in [0.5, 0.6) is 11.5 Å². The van der Waals surface area contributed by atoms with Crippen LogP contribution < -0.4 is 9.47 Å². The van der Waals surface area contributed by atoms with Gasteiger partial charge in [0.05, 0.1) is 13.2 Å². The van der Waals surface area contributed by atoms with Gasteiger partial charge in [0, 0.05) is 13.0 Å². The molecule has 3 heteroatoms. The highest BCUT2D eigenvalue weighted by atomic mass is 16.5. The molecule has 1 aromatic carbocycles. The highest BCUT2D eigenvalue weighted by Gasteiger charge is 2.13. The molecule has 0 saturated carbocycles. The number of ether oxygens (including phenoxy) is 2. The third kappa shape index (κ3) is 2.42. The van der Waals surface area contributed by atoms with Gasteiger partial charge in [-0.25, -0.2) is 0 Å². The Bertz CT molecular complexity index is 323. The molecule has 82 valence electrons.